The number of carbonyl (C=O) groups excluding carboxylic acids is 1. The number of nitrogens with two attached hydrogens (primary N) is 1. The van der Waals surface area contributed by atoms with E-state index in [1.54, 1.807) is 6.07 Å². The van der Waals surface area contributed by atoms with Gasteiger partial charge in [0.15, 0.2) is 0 Å². The van der Waals surface area contributed by atoms with E-state index in [0.29, 0.717) is 12.3 Å². The Bertz CT molecular complexity index is 351. The number of likely N-dealkylation sites (N-methyl/N-ethyl adjacent to an activating group) is 1. The number of nitrogens with zero attached hydrogens (tertiary/aromatic N) is 1. The molecule has 2 N–H and O–H groups in total. The number of ether oxygens (including phenoxy) is 1. The number of esters is 1. The summed E-state index contributed by atoms with van der Waals surface area (Å²) in [5, 5.41) is 0. The third-order valence-corrected chi connectivity index (χ3v) is 2.19. The van der Waals surface area contributed by atoms with Gasteiger partial charge in [-0.3, -0.25) is 4.79 Å². The van der Waals surface area contributed by atoms with Crippen LogP contribution in [0.15, 0.2) is 24.3 Å². The van der Waals surface area contributed by atoms with E-state index >= 15 is 0 Å². The molecular formula is C12H18N2O2. The first kappa shape index (κ1) is 12.5. The SMILES string of the molecule is CN(C)CCOC(=O)Cc1ccccc1N. The highest BCUT2D eigenvalue weighted by atomic mass is 16.5. The van der Waals surface area contributed by atoms with Crippen molar-refractivity contribution >= 4 is 11.7 Å². The molecule has 0 unspecified atom stereocenters. The highest BCUT2D eigenvalue weighted by Crippen LogP contribution is 2.11. The Labute approximate surface area is 96.0 Å². The third-order valence-electron chi connectivity index (χ3n) is 2.19. The Morgan fingerprint density at radius 3 is 2.69 bits per heavy atom. The van der Waals surface area contributed by atoms with Gasteiger partial charge in [-0.05, 0) is 25.7 Å². The number of benzene rings is 1. The van der Waals surface area contributed by atoms with Gasteiger partial charge in [-0.2, -0.15) is 0 Å². The first-order valence-electron chi connectivity index (χ1n) is 5.23. The van der Waals surface area contributed by atoms with E-state index in [2.05, 4.69) is 0 Å². The van der Waals surface area contributed by atoms with E-state index in [4.69, 9.17) is 10.5 Å². The summed E-state index contributed by atoms with van der Waals surface area (Å²) in [6.45, 7) is 1.15. The summed E-state index contributed by atoms with van der Waals surface area (Å²) in [6, 6.07) is 7.32. The lowest BCUT2D eigenvalue weighted by atomic mass is 10.1. The second-order valence-electron chi connectivity index (χ2n) is 3.90. The molecule has 0 spiro atoms. The molecule has 0 aliphatic rings. The van der Waals surface area contributed by atoms with Crippen LogP contribution in [0.2, 0.25) is 0 Å². The lowest BCUT2D eigenvalue weighted by Crippen LogP contribution is -2.21. The summed E-state index contributed by atoms with van der Waals surface area (Å²) in [4.78, 5) is 13.4. The second kappa shape index (κ2) is 6.12. The van der Waals surface area contributed by atoms with Gasteiger partial charge in [0.1, 0.15) is 6.61 Å². The van der Waals surface area contributed by atoms with Crippen LogP contribution >= 0.6 is 0 Å². The smallest absolute Gasteiger partial charge is 0.310 e. The van der Waals surface area contributed by atoms with Gasteiger partial charge in [0.05, 0.1) is 6.42 Å². The van der Waals surface area contributed by atoms with Crippen molar-refractivity contribution in [3.8, 4) is 0 Å². The Hall–Kier alpha value is -1.55. The quantitative estimate of drug-likeness (QED) is 0.594. The fourth-order valence-corrected chi connectivity index (χ4v) is 1.24. The molecule has 0 radical (unpaired) electrons. The first-order chi connectivity index (χ1) is 7.59. The Kier molecular flexibility index (Phi) is 4.79. The van der Waals surface area contributed by atoms with E-state index in [9.17, 15) is 4.79 Å². The minimum absolute atomic E-state index is 0.236. The molecule has 0 saturated carbocycles. The van der Waals surface area contributed by atoms with Crippen LogP contribution in [-0.2, 0) is 16.0 Å². The summed E-state index contributed by atoms with van der Waals surface area (Å²) in [5.74, 6) is -0.236. The maximum Gasteiger partial charge on any atom is 0.310 e. The summed E-state index contributed by atoms with van der Waals surface area (Å²) in [7, 11) is 3.87. The van der Waals surface area contributed by atoms with E-state index < -0.39 is 0 Å². The zero-order valence-corrected chi connectivity index (χ0v) is 9.77. The maximum atomic E-state index is 11.4. The molecule has 1 rings (SSSR count). The van der Waals surface area contributed by atoms with Crippen LogP contribution < -0.4 is 5.73 Å². The van der Waals surface area contributed by atoms with Crippen molar-refractivity contribution < 1.29 is 9.53 Å². The third kappa shape index (κ3) is 4.31. The highest BCUT2D eigenvalue weighted by Gasteiger charge is 2.06. The van der Waals surface area contributed by atoms with Gasteiger partial charge < -0.3 is 15.4 Å². The minimum Gasteiger partial charge on any atom is -0.464 e. The second-order valence-corrected chi connectivity index (χ2v) is 3.90. The number of nitrogen functional groups attached to an aromatic ring is 1. The lowest BCUT2D eigenvalue weighted by molar-refractivity contribution is -0.143. The Morgan fingerprint density at radius 2 is 2.06 bits per heavy atom. The summed E-state index contributed by atoms with van der Waals surface area (Å²) < 4.78 is 5.08. The predicted octanol–water partition coefficient (Wildman–Crippen LogP) is 0.916. The number of carbonyl (C=O) groups is 1. The molecule has 0 amide bonds. The molecular weight excluding hydrogens is 204 g/mol. The number of para-hydroxylation sites is 1. The van der Waals surface area contributed by atoms with Crippen molar-refractivity contribution in [3.05, 3.63) is 29.8 Å². The van der Waals surface area contributed by atoms with Gasteiger partial charge in [-0.1, -0.05) is 18.2 Å². The molecule has 0 fully saturated rings. The molecule has 4 nitrogen and oxygen atoms in total. The average Bonchev–Trinajstić information content (AvgIpc) is 2.21. The first-order valence-corrected chi connectivity index (χ1v) is 5.23. The van der Waals surface area contributed by atoms with Crippen LogP contribution in [0.5, 0.6) is 0 Å². The van der Waals surface area contributed by atoms with Gasteiger partial charge in [-0.25, -0.2) is 0 Å². The van der Waals surface area contributed by atoms with Crippen LogP contribution in [-0.4, -0.2) is 38.1 Å². The van der Waals surface area contributed by atoms with Crippen molar-refractivity contribution in [2.75, 3.05) is 33.0 Å². The Morgan fingerprint density at radius 1 is 1.38 bits per heavy atom. The van der Waals surface area contributed by atoms with Gasteiger partial charge in [0.2, 0.25) is 0 Å². The van der Waals surface area contributed by atoms with Gasteiger partial charge >= 0.3 is 5.97 Å². The van der Waals surface area contributed by atoms with E-state index in [1.807, 2.05) is 37.2 Å². The highest BCUT2D eigenvalue weighted by molar-refractivity contribution is 5.74. The molecule has 0 saturated heterocycles. The lowest BCUT2D eigenvalue weighted by Gasteiger charge is -2.10. The molecule has 1 aromatic rings. The molecule has 0 bridgehead atoms. The fraction of sp³-hybridized carbons (Fsp3) is 0.417. The van der Waals surface area contributed by atoms with Crippen molar-refractivity contribution in [1.29, 1.82) is 0 Å². The maximum absolute atomic E-state index is 11.4. The molecule has 16 heavy (non-hydrogen) atoms. The monoisotopic (exact) mass is 222 g/mol. The largest absolute Gasteiger partial charge is 0.464 e. The van der Waals surface area contributed by atoms with Gasteiger partial charge in [-0.15, -0.1) is 0 Å². The fourth-order valence-electron chi connectivity index (χ4n) is 1.24. The molecule has 88 valence electrons. The molecule has 0 heterocycles. The van der Waals surface area contributed by atoms with E-state index in [1.165, 1.54) is 0 Å². The summed E-state index contributed by atoms with van der Waals surface area (Å²) >= 11 is 0. The van der Waals surface area contributed by atoms with Crippen LogP contribution in [0.25, 0.3) is 0 Å². The topological polar surface area (TPSA) is 55.6 Å². The van der Waals surface area contributed by atoms with Gasteiger partial charge in [0, 0.05) is 12.2 Å². The average molecular weight is 222 g/mol. The number of anilines is 1. The molecule has 0 aliphatic carbocycles. The molecule has 0 aromatic heterocycles. The molecule has 0 atom stereocenters. The molecule has 4 heteroatoms. The normalized spacial score (nSPS) is 10.4. The van der Waals surface area contributed by atoms with Gasteiger partial charge in [0.25, 0.3) is 0 Å². The van der Waals surface area contributed by atoms with Crippen molar-refractivity contribution in [2.45, 2.75) is 6.42 Å². The molecule has 0 aliphatic heterocycles. The predicted molar refractivity (Wildman–Crippen MR) is 64.1 cm³/mol. The van der Waals surface area contributed by atoms with Crippen LogP contribution in [0.3, 0.4) is 0 Å². The Balaban J connectivity index is 2.37. The molecule has 1 aromatic carbocycles. The minimum atomic E-state index is -0.236. The van der Waals surface area contributed by atoms with Crippen LogP contribution in [0, 0.1) is 0 Å². The standard InChI is InChI=1S/C12H18N2O2/c1-14(2)7-8-16-12(15)9-10-5-3-4-6-11(10)13/h3-6H,7-9,13H2,1-2H3. The number of rotatable bonds is 5. The van der Waals surface area contributed by atoms with Crippen LogP contribution in [0.1, 0.15) is 5.56 Å². The number of hydrogen-bond acceptors (Lipinski definition) is 4. The summed E-state index contributed by atoms with van der Waals surface area (Å²) in [5.41, 5.74) is 7.18. The van der Waals surface area contributed by atoms with Crippen molar-refractivity contribution in [2.24, 2.45) is 0 Å². The number of hydrogen-bond donors (Lipinski definition) is 1. The summed E-state index contributed by atoms with van der Waals surface area (Å²) in [6.07, 6.45) is 0.236. The van der Waals surface area contributed by atoms with E-state index in [0.717, 1.165) is 12.1 Å². The van der Waals surface area contributed by atoms with Crippen molar-refractivity contribution in [1.82, 2.24) is 4.90 Å². The zero-order chi connectivity index (χ0) is 12.0. The van der Waals surface area contributed by atoms with Crippen LogP contribution in [0.4, 0.5) is 5.69 Å². The zero-order valence-electron chi connectivity index (χ0n) is 9.77. The van der Waals surface area contributed by atoms with E-state index in [-0.39, 0.29) is 12.4 Å². The van der Waals surface area contributed by atoms with Crippen molar-refractivity contribution in [3.63, 3.8) is 0 Å².